The monoisotopic (exact) mass is 451 g/mol. The van der Waals surface area contributed by atoms with E-state index in [4.69, 9.17) is 9.47 Å². The molecule has 1 N–H and O–H groups in total. The Hall–Kier alpha value is -1.71. The minimum absolute atomic E-state index is 0. The highest BCUT2D eigenvalue weighted by molar-refractivity contribution is 14.0. The van der Waals surface area contributed by atoms with Gasteiger partial charge in [-0.15, -0.1) is 24.0 Å². The number of nitrogens with one attached hydrogen (secondary N) is 1. The first-order valence-corrected chi connectivity index (χ1v) is 7.25. The number of ether oxygens (including phenoxy) is 3. The Morgan fingerprint density at radius 1 is 1.25 bits per heavy atom. The molecule has 0 aliphatic carbocycles. The average Bonchev–Trinajstić information content (AvgIpc) is 2.58. The minimum atomic E-state index is -0.257. The minimum Gasteiger partial charge on any atom is -0.497 e. The smallest absolute Gasteiger partial charge is 0.307 e. The summed E-state index contributed by atoms with van der Waals surface area (Å²) in [5.41, 5.74) is 1.01. The van der Waals surface area contributed by atoms with E-state index in [2.05, 4.69) is 15.0 Å². The molecule has 24 heavy (non-hydrogen) atoms. The van der Waals surface area contributed by atoms with Crippen molar-refractivity contribution in [1.29, 1.82) is 0 Å². The zero-order valence-electron chi connectivity index (χ0n) is 14.8. The van der Waals surface area contributed by atoms with E-state index >= 15 is 0 Å². The maximum atomic E-state index is 11.1. The van der Waals surface area contributed by atoms with Gasteiger partial charge < -0.3 is 24.4 Å². The molecule has 0 atom stereocenters. The molecular weight excluding hydrogens is 425 g/mol. The molecule has 136 valence electrons. The van der Waals surface area contributed by atoms with Gasteiger partial charge in [-0.2, -0.15) is 0 Å². The lowest BCUT2D eigenvalue weighted by atomic mass is 10.2. The number of rotatable bonds is 7. The molecular formula is C16H26IN3O4. The van der Waals surface area contributed by atoms with Gasteiger partial charge in [0, 0.05) is 38.8 Å². The van der Waals surface area contributed by atoms with E-state index in [9.17, 15) is 4.79 Å². The highest BCUT2D eigenvalue weighted by atomic mass is 127. The van der Waals surface area contributed by atoms with E-state index in [-0.39, 0.29) is 36.4 Å². The van der Waals surface area contributed by atoms with E-state index in [0.717, 1.165) is 17.1 Å². The predicted molar refractivity (Wildman–Crippen MR) is 104 cm³/mol. The fourth-order valence-electron chi connectivity index (χ4n) is 2.08. The molecule has 0 bridgehead atoms. The van der Waals surface area contributed by atoms with Crippen LogP contribution in [0, 0.1) is 0 Å². The van der Waals surface area contributed by atoms with E-state index in [1.165, 1.54) is 7.11 Å². The van der Waals surface area contributed by atoms with Crippen LogP contribution in [0.5, 0.6) is 11.5 Å². The second-order valence-corrected chi connectivity index (χ2v) is 4.83. The molecule has 7 nitrogen and oxygen atoms in total. The quantitative estimate of drug-likeness (QED) is 0.296. The van der Waals surface area contributed by atoms with Crippen LogP contribution in [0.15, 0.2) is 23.2 Å². The highest BCUT2D eigenvalue weighted by Gasteiger charge is 2.11. The molecule has 0 radical (unpaired) electrons. The van der Waals surface area contributed by atoms with Crippen molar-refractivity contribution in [3.63, 3.8) is 0 Å². The van der Waals surface area contributed by atoms with E-state index < -0.39 is 0 Å². The standard InChI is InChI=1S/C16H25N3O4.HI/c1-17-16(18-9-8-15(20)23-5)19(2)11-12-6-7-13(21-3)10-14(12)22-4;/h6-7,10H,8-9,11H2,1-5H3,(H,17,18);1H. The van der Waals surface area contributed by atoms with Crippen molar-refractivity contribution < 1.29 is 19.0 Å². The van der Waals surface area contributed by atoms with Crippen LogP contribution in [0.1, 0.15) is 12.0 Å². The number of halogens is 1. The Kier molecular flexibility index (Phi) is 10.9. The number of carbonyl (C=O) groups excluding carboxylic acids is 1. The van der Waals surface area contributed by atoms with Crippen LogP contribution in [-0.2, 0) is 16.1 Å². The van der Waals surface area contributed by atoms with Crippen LogP contribution < -0.4 is 14.8 Å². The summed E-state index contributed by atoms with van der Waals surface area (Å²) in [4.78, 5) is 17.3. The Balaban J connectivity index is 0.00000529. The molecule has 0 spiro atoms. The third-order valence-corrected chi connectivity index (χ3v) is 3.32. The van der Waals surface area contributed by atoms with Gasteiger partial charge in [0.25, 0.3) is 0 Å². The Labute approximate surface area is 160 Å². The number of aliphatic imine (C=N–C) groups is 1. The van der Waals surface area contributed by atoms with Crippen molar-refractivity contribution in [2.75, 3.05) is 42.0 Å². The van der Waals surface area contributed by atoms with E-state index in [0.29, 0.717) is 19.0 Å². The molecule has 8 heteroatoms. The molecule has 0 heterocycles. The van der Waals surface area contributed by atoms with Crippen LogP contribution in [0.2, 0.25) is 0 Å². The zero-order chi connectivity index (χ0) is 17.2. The Morgan fingerprint density at radius 2 is 1.96 bits per heavy atom. The van der Waals surface area contributed by atoms with Gasteiger partial charge >= 0.3 is 5.97 Å². The number of hydrogen-bond donors (Lipinski definition) is 1. The Bertz CT molecular complexity index is 552. The van der Waals surface area contributed by atoms with Gasteiger partial charge in [-0.3, -0.25) is 9.79 Å². The predicted octanol–water partition coefficient (Wildman–Crippen LogP) is 1.89. The lowest BCUT2D eigenvalue weighted by molar-refractivity contribution is -0.140. The van der Waals surface area contributed by atoms with Crippen molar-refractivity contribution in [2.24, 2.45) is 4.99 Å². The molecule has 0 saturated carbocycles. The summed E-state index contributed by atoms with van der Waals surface area (Å²) < 4.78 is 15.2. The molecule has 1 aromatic carbocycles. The van der Waals surface area contributed by atoms with Gasteiger partial charge in [-0.1, -0.05) is 0 Å². The summed E-state index contributed by atoms with van der Waals surface area (Å²) in [6.45, 7) is 1.06. The summed E-state index contributed by atoms with van der Waals surface area (Å²) in [5.74, 6) is 1.93. The summed E-state index contributed by atoms with van der Waals surface area (Å²) in [5, 5.41) is 3.12. The van der Waals surface area contributed by atoms with Gasteiger partial charge in [-0.05, 0) is 12.1 Å². The number of methoxy groups -OCH3 is 3. The molecule has 0 fully saturated rings. The fourth-order valence-corrected chi connectivity index (χ4v) is 2.08. The van der Waals surface area contributed by atoms with Crippen molar-refractivity contribution >= 4 is 35.9 Å². The van der Waals surface area contributed by atoms with Gasteiger partial charge in [0.15, 0.2) is 5.96 Å². The number of carbonyl (C=O) groups is 1. The molecule has 1 aromatic rings. The molecule has 0 amide bonds. The maximum Gasteiger partial charge on any atom is 0.307 e. The van der Waals surface area contributed by atoms with Gasteiger partial charge in [0.1, 0.15) is 11.5 Å². The largest absolute Gasteiger partial charge is 0.497 e. The number of guanidine groups is 1. The summed E-state index contributed by atoms with van der Waals surface area (Å²) in [6.07, 6.45) is 0.287. The second-order valence-electron chi connectivity index (χ2n) is 4.83. The van der Waals surface area contributed by atoms with Gasteiger partial charge in [-0.25, -0.2) is 0 Å². The van der Waals surface area contributed by atoms with Crippen LogP contribution in [0.25, 0.3) is 0 Å². The summed E-state index contributed by atoms with van der Waals surface area (Å²) in [6, 6.07) is 5.69. The third-order valence-electron chi connectivity index (χ3n) is 3.32. The first-order valence-electron chi connectivity index (χ1n) is 7.25. The summed E-state index contributed by atoms with van der Waals surface area (Å²) >= 11 is 0. The number of nitrogens with zero attached hydrogens (tertiary/aromatic N) is 2. The third kappa shape index (κ3) is 6.81. The van der Waals surface area contributed by atoms with Crippen molar-refractivity contribution in [3.05, 3.63) is 23.8 Å². The lowest BCUT2D eigenvalue weighted by Gasteiger charge is -2.23. The maximum absolute atomic E-state index is 11.1. The number of hydrogen-bond acceptors (Lipinski definition) is 5. The molecule has 0 aliphatic rings. The van der Waals surface area contributed by atoms with Crippen LogP contribution in [0.4, 0.5) is 0 Å². The van der Waals surface area contributed by atoms with Gasteiger partial charge in [0.2, 0.25) is 0 Å². The topological polar surface area (TPSA) is 72.4 Å². The van der Waals surface area contributed by atoms with Crippen molar-refractivity contribution in [1.82, 2.24) is 10.2 Å². The van der Waals surface area contributed by atoms with E-state index in [1.807, 2.05) is 30.1 Å². The van der Waals surface area contributed by atoms with Crippen molar-refractivity contribution in [3.8, 4) is 11.5 Å². The lowest BCUT2D eigenvalue weighted by Crippen LogP contribution is -2.39. The molecule has 0 aliphatic heterocycles. The fraction of sp³-hybridized carbons (Fsp3) is 0.500. The first-order chi connectivity index (χ1) is 11.0. The normalized spacial score (nSPS) is 10.5. The van der Waals surface area contributed by atoms with Crippen LogP contribution >= 0.6 is 24.0 Å². The second kappa shape index (κ2) is 11.8. The molecule has 0 saturated heterocycles. The zero-order valence-corrected chi connectivity index (χ0v) is 17.1. The molecule has 0 aromatic heterocycles. The molecule has 0 unspecified atom stereocenters. The number of benzene rings is 1. The van der Waals surface area contributed by atoms with Crippen LogP contribution in [0.3, 0.4) is 0 Å². The average molecular weight is 451 g/mol. The SMILES string of the molecule is CN=C(NCCC(=O)OC)N(C)Cc1ccc(OC)cc1OC.I. The Morgan fingerprint density at radius 3 is 2.50 bits per heavy atom. The van der Waals surface area contributed by atoms with E-state index in [1.54, 1.807) is 21.3 Å². The number of esters is 1. The summed E-state index contributed by atoms with van der Waals surface area (Å²) in [7, 11) is 8.23. The van der Waals surface area contributed by atoms with Crippen molar-refractivity contribution in [2.45, 2.75) is 13.0 Å². The van der Waals surface area contributed by atoms with Gasteiger partial charge in [0.05, 0.1) is 27.8 Å². The van der Waals surface area contributed by atoms with Crippen LogP contribution in [-0.4, -0.2) is 58.8 Å². The highest BCUT2D eigenvalue weighted by Crippen LogP contribution is 2.25. The first kappa shape index (κ1) is 22.3. The molecule has 1 rings (SSSR count).